The van der Waals surface area contributed by atoms with Crippen molar-refractivity contribution in [3.8, 4) is 0 Å². The molecule has 0 bridgehead atoms. The number of carbonyl (C=O) groups excluding carboxylic acids is 1. The van der Waals surface area contributed by atoms with Crippen LogP contribution < -0.4 is 11.1 Å². The zero-order chi connectivity index (χ0) is 38.4. The molecule has 52 heavy (non-hydrogen) atoms. The van der Waals surface area contributed by atoms with E-state index in [1.165, 1.54) is 116 Å². The molecule has 0 aliphatic heterocycles. The summed E-state index contributed by atoms with van der Waals surface area (Å²) in [6, 6.07) is -0.826. The minimum atomic E-state index is -4.03. The number of unbranched alkanes of at least 4 members (excludes halogenated alkanes) is 18. The molecule has 1 amide bonds. The summed E-state index contributed by atoms with van der Waals surface area (Å²) in [4.78, 5) is 30.3. The molecule has 0 spiro atoms. The Hall–Kier alpha value is -0.270. The van der Waals surface area contributed by atoms with Gasteiger partial charge in [-0.2, -0.15) is 11.8 Å². The van der Waals surface area contributed by atoms with Gasteiger partial charge in [0.05, 0.1) is 64.6 Å². The molecule has 0 saturated heterocycles. The summed E-state index contributed by atoms with van der Waals surface area (Å²) in [5, 5.41) is 2.93. The van der Waals surface area contributed by atoms with Gasteiger partial charge in [-0.05, 0) is 19.8 Å². The van der Waals surface area contributed by atoms with Gasteiger partial charge in [-0.1, -0.05) is 129 Å². The molecule has 0 heterocycles. The van der Waals surface area contributed by atoms with E-state index in [1.54, 1.807) is 11.8 Å². The molecule has 3 atom stereocenters. The smallest absolute Gasteiger partial charge is 0.327 e. The van der Waals surface area contributed by atoms with Gasteiger partial charge in [-0.15, -0.1) is 0 Å². The van der Waals surface area contributed by atoms with Crippen LogP contribution in [0.3, 0.4) is 0 Å². The molecule has 1 unspecified atom stereocenters. The fraction of sp³-hybridized carbons (Fsp3) is 0.974. The first-order valence-corrected chi connectivity index (χ1v) is 23.8. The number of hydrogen-bond donors (Lipinski definition) is 4. The fourth-order valence-electron chi connectivity index (χ4n) is 5.57. The molecule has 0 aromatic carbocycles. The Balaban J connectivity index is 4.24. The fourth-order valence-corrected chi connectivity index (χ4v) is 6.93. The Morgan fingerprint density at radius 1 is 0.615 bits per heavy atom. The maximum absolute atomic E-state index is 12.7. The molecule has 0 saturated carbocycles. The minimum absolute atomic E-state index is 0.0102. The van der Waals surface area contributed by atoms with Crippen molar-refractivity contribution in [3.63, 3.8) is 0 Å². The SMILES string of the molecule is CCCCCCCCCCCCOCC(CSC[C@H](N)C(=O)N[C@@H](C)COCCOCCOCCP(=O)(O)O)OCCCCCCCCCCCC. The van der Waals surface area contributed by atoms with Crippen molar-refractivity contribution in [1.29, 1.82) is 0 Å². The van der Waals surface area contributed by atoms with E-state index in [1.807, 2.05) is 6.92 Å². The predicted octanol–water partition coefficient (Wildman–Crippen LogP) is 8.02. The second-order valence-electron chi connectivity index (χ2n) is 14.2. The largest absolute Gasteiger partial charge is 0.379 e. The van der Waals surface area contributed by atoms with Gasteiger partial charge in [-0.25, -0.2) is 0 Å². The third kappa shape index (κ3) is 39.4. The van der Waals surface area contributed by atoms with Crippen molar-refractivity contribution in [2.24, 2.45) is 5.73 Å². The lowest BCUT2D eigenvalue weighted by atomic mass is 10.1. The van der Waals surface area contributed by atoms with Crippen LogP contribution in [0.4, 0.5) is 0 Å². The molecule has 0 rings (SSSR count). The van der Waals surface area contributed by atoms with Crippen LogP contribution in [0, 0.1) is 0 Å². The Kier molecular flexibility index (Phi) is 38.8. The molecule has 0 aliphatic rings. The van der Waals surface area contributed by atoms with Crippen molar-refractivity contribution >= 4 is 25.3 Å². The van der Waals surface area contributed by atoms with Crippen molar-refractivity contribution in [2.75, 3.05) is 77.1 Å². The summed E-state index contributed by atoms with van der Waals surface area (Å²) in [5.41, 5.74) is 6.23. The summed E-state index contributed by atoms with van der Waals surface area (Å²) in [6.07, 6.45) is 25.7. The third-order valence-electron chi connectivity index (χ3n) is 8.76. The zero-order valence-electron chi connectivity index (χ0n) is 33.5. The number of carbonyl (C=O) groups is 1. The van der Waals surface area contributed by atoms with E-state index in [4.69, 9.17) is 39.2 Å². The van der Waals surface area contributed by atoms with E-state index in [2.05, 4.69) is 19.2 Å². The molecule has 0 fully saturated rings. The van der Waals surface area contributed by atoms with Crippen LogP contribution in [0.5, 0.6) is 0 Å². The van der Waals surface area contributed by atoms with Gasteiger partial charge in [0.1, 0.15) is 0 Å². The highest BCUT2D eigenvalue weighted by atomic mass is 32.2. The maximum atomic E-state index is 12.7. The quantitative estimate of drug-likeness (QED) is 0.0351. The molecule has 11 nitrogen and oxygen atoms in total. The Labute approximate surface area is 322 Å². The van der Waals surface area contributed by atoms with Crippen LogP contribution in [-0.4, -0.2) is 111 Å². The topological polar surface area (TPSA) is 159 Å². The summed E-state index contributed by atoms with van der Waals surface area (Å²) < 4.78 is 39.2. The Morgan fingerprint density at radius 3 is 1.58 bits per heavy atom. The van der Waals surface area contributed by atoms with Crippen LogP contribution in [-0.2, 0) is 33.0 Å². The highest BCUT2D eigenvalue weighted by molar-refractivity contribution is 7.99. The number of rotatable bonds is 42. The first-order valence-electron chi connectivity index (χ1n) is 20.8. The van der Waals surface area contributed by atoms with Crippen LogP contribution in [0.15, 0.2) is 0 Å². The summed E-state index contributed by atoms with van der Waals surface area (Å²) in [7, 11) is -4.03. The summed E-state index contributed by atoms with van der Waals surface area (Å²) >= 11 is 1.64. The standard InChI is InChI=1S/C39H81N2O9PS/c1-4-6-8-10-12-14-16-18-20-22-24-48-33-37(50-25-23-21-19-17-15-13-11-9-7-5-2)34-52-35-38(40)39(42)41-36(3)32-49-29-28-46-26-27-47-30-31-51(43,44)45/h36-38H,4-35,40H2,1-3H3,(H,41,42)(H2,43,44,45)/t36-,37?,38-/m0/s1. The lowest BCUT2D eigenvalue weighted by molar-refractivity contribution is -0.122. The molecular formula is C39H81N2O9PS. The normalized spacial score (nSPS) is 13.7. The van der Waals surface area contributed by atoms with E-state index in [-0.39, 0.29) is 37.4 Å². The molecule has 13 heteroatoms. The number of nitrogens with one attached hydrogen (secondary N) is 1. The van der Waals surface area contributed by atoms with E-state index in [9.17, 15) is 9.36 Å². The van der Waals surface area contributed by atoms with Crippen molar-refractivity contribution in [1.82, 2.24) is 5.32 Å². The second-order valence-corrected chi connectivity index (χ2v) is 17.0. The van der Waals surface area contributed by atoms with E-state index in [0.29, 0.717) is 38.8 Å². The highest BCUT2D eigenvalue weighted by Crippen LogP contribution is 2.33. The van der Waals surface area contributed by atoms with Crippen molar-refractivity contribution in [2.45, 2.75) is 167 Å². The van der Waals surface area contributed by atoms with Gasteiger partial charge < -0.3 is 44.5 Å². The number of amides is 1. The molecular weight excluding hydrogens is 703 g/mol. The Bertz CT molecular complexity index is 812. The van der Waals surface area contributed by atoms with E-state index >= 15 is 0 Å². The van der Waals surface area contributed by atoms with Crippen molar-refractivity contribution < 1.29 is 42.8 Å². The van der Waals surface area contributed by atoms with E-state index < -0.39 is 13.6 Å². The molecule has 0 aromatic heterocycles. The van der Waals surface area contributed by atoms with E-state index in [0.717, 1.165) is 31.8 Å². The average Bonchev–Trinajstić information content (AvgIpc) is 3.10. The van der Waals surface area contributed by atoms with Crippen LogP contribution in [0.1, 0.15) is 149 Å². The lowest BCUT2D eigenvalue weighted by Crippen LogP contribution is -2.47. The highest BCUT2D eigenvalue weighted by Gasteiger charge is 2.18. The number of ether oxygens (including phenoxy) is 5. The average molecular weight is 785 g/mol. The first-order chi connectivity index (χ1) is 25.2. The van der Waals surface area contributed by atoms with Gasteiger partial charge in [0, 0.05) is 30.8 Å². The first kappa shape index (κ1) is 51.7. The lowest BCUT2D eigenvalue weighted by Gasteiger charge is -2.20. The summed E-state index contributed by atoms with van der Waals surface area (Å²) in [6.45, 7) is 10.1. The van der Waals surface area contributed by atoms with Crippen LogP contribution >= 0.6 is 19.4 Å². The van der Waals surface area contributed by atoms with Gasteiger partial charge >= 0.3 is 7.60 Å². The number of nitrogens with two attached hydrogens (primary N) is 1. The Morgan fingerprint density at radius 2 is 1.06 bits per heavy atom. The van der Waals surface area contributed by atoms with Crippen molar-refractivity contribution in [3.05, 3.63) is 0 Å². The third-order valence-corrected chi connectivity index (χ3v) is 10.7. The zero-order valence-corrected chi connectivity index (χ0v) is 35.3. The monoisotopic (exact) mass is 785 g/mol. The number of thioether (sulfide) groups is 1. The van der Waals surface area contributed by atoms with Crippen LogP contribution in [0.25, 0.3) is 0 Å². The van der Waals surface area contributed by atoms with Gasteiger partial charge in [0.15, 0.2) is 0 Å². The number of hydrogen-bond acceptors (Lipinski definition) is 9. The molecule has 312 valence electrons. The molecule has 0 aromatic rings. The summed E-state index contributed by atoms with van der Waals surface area (Å²) in [5.74, 6) is 1.04. The van der Waals surface area contributed by atoms with Gasteiger partial charge in [0.2, 0.25) is 5.91 Å². The molecule has 0 radical (unpaired) electrons. The molecule has 5 N–H and O–H groups in total. The molecule has 0 aliphatic carbocycles. The van der Waals surface area contributed by atoms with Crippen LogP contribution in [0.2, 0.25) is 0 Å². The predicted molar refractivity (Wildman–Crippen MR) is 217 cm³/mol. The second kappa shape index (κ2) is 39.0. The van der Waals surface area contributed by atoms with Gasteiger partial charge in [-0.3, -0.25) is 9.36 Å². The van der Waals surface area contributed by atoms with Gasteiger partial charge in [0.25, 0.3) is 0 Å². The minimum Gasteiger partial charge on any atom is -0.379 e. The maximum Gasteiger partial charge on any atom is 0.327 e.